The Kier molecular flexibility index (Phi) is 3.52. The average Bonchev–Trinajstić information content (AvgIpc) is 2.20. The molecule has 98 valence electrons. The molecule has 0 radical (unpaired) electrons. The number of piperazine rings is 1. The second kappa shape index (κ2) is 4.29. The molecule has 1 rings (SSSR count). The van der Waals surface area contributed by atoms with E-state index in [1.807, 2.05) is 7.05 Å². The Balaban J connectivity index is 2.83. The zero-order valence-electron chi connectivity index (χ0n) is 11.3. The molecule has 1 fully saturated rings. The molecule has 5 heteroatoms. The fraction of sp³-hybridized carbons (Fsp3) is 0.833. The molecule has 1 amide bonds. The van der Waals surface area contributed by atoms with E-state index in [1.165, 1.54) is 13.8 Å². The van der Waals surface area contributed by atoms with Gasteiger partial charge in [-0.15, -0.1) is 0 Å². The predicted octanol–water partition coefficient (Wildman–Crippen LogP) is 0.650. The van der Waals surface area contributed by atoms with Crippen LogP contribution in [-0.4, -0.2) is 59.0 Å². The average molecular weight is 242 g/mol. The van der Waals surface area contributed by atoms with Crippen molar-refractivity contribution in [1.82, 2.24) is 9.80 Å². The number of hydrogen-bond acceptors (Lipinski definition) is 3. The van der Waals surface area contributed by atoms with Gasteiger partial charge in [-0.25, -0.2) is 0 Å². The molecule has 17 heavy (non-hydrogen) atoms. The second-order valence-corrected chi connectivity index (χ2v) is 5.89. The molecule has 0 spiro atoms. The topological polar surface area (TPSA) is 60.9 Å². The van der Waals surface area contributed by atoms with E-state index in [4.69, 9.17) is 5.11 Å². The van der Waals surface area contributed by atoms with Crippen molar-refractivity contribution < 1.29 is 14.7 Å². The molecule has 0 atom stereocenters. The van der Waals surface area contributed by atoms with Crippen LogP contribution in [0.5, 0.6) is 0 Å². The number of carbonyl (C=O) groups excluding carboxylic acids is 1. The third-order valence-electron chi connectivity index (χ3n) is 3.67. The number of carboxylic acid groups (broad SMARTS) is 1. The molecule has 0 aromatic heterocycles. The van der Waals surface area contributed by atoms with Crippen molar-refractivity contribution in [2.24, 2.45) is 5.41 Å². The summed E-state index contributed by atoms with van der Waals surface area (Å²) in [6.07, 6.45) is 0. The first-order valence-corrected chi connectivity index (χ1v) is 5.83. The van der Waals surface area contributed by atoms with Gasteiger partial charge in [0.15, 0.2) is 0 Å². The van der Waals surface area contributed by atoms with Crippen LogP contribution in [0.4, 0.5) is 0 Å². The van der Waals surface area contributed by atoms with Gasteiger partial charge in [0.05, 0.1) is 0 Å². The second-order valence-electron chi connectivity index (χ2n) is 5.89. The Morgan fingerprint density at radius 2 is 1.76 bits per heavy atom. The third kappa shape index (κ3) is 2.60. The van der Waals surface area contributed by atoms with E-state index in [9.17, 15) is 9.59 Å². The number of hydrogen-bond donors (Lipinski definition) is 1. The van der Waals surface area contributed by atoms with Crippen molar-refractivity contribution >= 4 is 11.9 Å². The Bertz CT molecular complexity index is 337. The van der Waals surface area contributed by atoms with Gasteiger partial charge >= 0.3 is 5.97 Å². The lowest BCUT2D eigenvalue weighted by Crippen LogP contribution is -2.61. The minimum absolute atomic E-state index is 0.109. The van der Waals surface area contributed by atoms with Crippen molar-refractivity contribution in [3.05, 3.63) is 0 Å². The van der Waals surface area contributed by atoms with Crippen LogP contribution < -0.4 is 0 Å². The SMILES string of the molecule is CN1CCN(C(=O)C(C)(C)C(=O)O)CC1(C)C. The molecule has 1 aliphatic heterocycles. The molecule has 0 aromatic carbocycles. The van der Waals surface area contributed by atoms with Crippen LogP contribution in [0.2, 0.25) is 0 Å². The van der Waals surface area contributed by atoms with Crippen LogP contribution >= 0.6 is 0 Å². The van der Waals surface area contributed by atoms with Gasteiger partial charge in [0.25, 0.3) is 0 Å². The zero-order chi connectivity index (χ0) is 13.4. The predicted molar refractivity (Wildman–Crippen MR) is 64.7 cm³/mol. The van der Waals surface area contributed by atoms with E-state index in [0.29, 0.717) is 13.1 Å². The van der Waals surface area contributed by atoms with Gasteiger partial charge in [-0.3, -0.25) is 14.5 Å². The lowest BCUT2D eigenvalue weighted by Gasteiger charge is -2.46. The van der Waals surface area contributed by atoms with Crippen molar-refractivity contribution in [1.29, 1.82) is 0 Å². The summed E-state index contributed by atoms with van der Waals surface area (Å²) in [5.41, 5.74) is -1.45. The Labute approximate surface area is 102 Å². The molecule has 0 aliphatic carbocycles. The van der Waals surface area contributed by atoms with Gasteiger partial charge < -0.3 is 10.0 Å². The van der Waals surface area contributed by atoms with E-state index >= 15 is 0 Å². The first kappa shape index (κ1) is 14.0. The number of amides is 1. The maximum atomic E-state index is 12.2. The molecular formula is C12H22N2O3. The molecule has 5 nitrogen and oxygen atoms in total. The van der Waals surface area contributed by atoms with Crippen LogP contribution in [0.1, 0.15) is 27.7 Å². The maximum Gasteiger partial charge on any atom is 0.318 e. The number of carbonyl (C=O) groups is 2. The molecule has 0 unspecified atom stereocenters. The molecule has 0 saturated carbocycles. The van der Waals surface area contributed by atoms with Gasteiger partial charge in [0.2, 0.25) is 5.91 Å². The van der Waals surface area contributed by atoms with Crippen molar-refractivity contribution in [2.45, 2.75) is 33.2 Å². The number of likely N-dealkylation sites (N-methyl/N-ethyl adjacent to an activating group) is 1. The highest BCUT2D eigenvalue weighted by atomic mass is 16.4. The van der Waals surface area contributed by atoms with Gasteiger partial charge in [-0.2, -0.15) is 0 Å². The molecular weight excluding hydrogens is 220 g/mol. The first-order chi connectivity index (χ1) is 7.59. The normalized spacial score (nSPS) is 21.4. The maximum absolute atomic E-state index is 12.2. The van der Waals surface area contributed by atoms with Gasteiger partial charge in [0.1, 0.15) is 5.41 Å². The monoisotopic (exact) mass is 242 g/mol. The van der Waals surface area contributed by atoms with E-state index < -0.39 is 11.4 Å². The summed E-state index contributed by atoms with van der Waals surface area (Å²) in [5.74, 6) is -1.37. The van der Waals surface area contributed by atoms with Crippen molar-refractivity contribution in [2.75, 3.05) is 26.7 Å². The standard InChI is InChI=1S/C12H22N2O3/c1-11(2)8-14(7-6-13(11)5)9(15)12(3,4)10(16)17/h6-8H2,1-5H3,(H,16,17). The Morgan fingerprint density at radius 1 is 1.24 bits per heavy atom. The van der Waals surface area contributed by atoms with Crippen LogP contribution in [0.15, 0.2) is 0 Å². The zero-order valence-corrected chi connectivity index (χ0v) is 11.3. The number of carboxylic acids is 1. The molecule has 1 aliphatic rings. The molecule has 0 bridgehead atoms. The molecule has 1 N–H and O–H groups in total. The van der Waals surface area contributed by atoms with Gasteiger partial charge in [-0.05, 0) is 34.7 Å². The summed E-state index contributed by atoms with van der Waals surface area (Å²) in [4.78, 5) is 27.1. The highest BCUT2D eigenvalue weighted by Gasteiger charge is 2.42. The van der Waals surface area contributed by atoms with Crippen molar-refractivity contribution in [3.63, 3.8) is 0 Å². The molecule has 1 saturated heterocycles. The fourth-order valence-electron chi connectivity index (χ4n) is 1.90. The highest BCUT2D eigenvalue weighted by Crippen LogP contribution is 2.25. The number of aliphatic carboxylic acids is 1. The van der Waals surface area contributed by atoms with Gasteiger partial charge in [-0.1, -0.05) is 0 Å². The summed E-state index contributed by atoms with van der Waals surface area (Å²) < 4.78 is 0. The van der Waals surface area contributed by atoms with Crippen molar-refractivity contribution in [3.8, 4) is 0 Å². The molecule has 0 aromatic rings. The summed E-state index contributed by atoms with van der Waals surface area (Å²) in [6.45, 7) is 8.97. The third-order valence-corrected chi connectivity index (χ3v) is 3.67. The van der Waals surface area contributed by atoms with Crippen LogP contribution in [0, 0.1) is 5.41 Å². The summed E-state index contributed by atoms with van der Waals surface area (Å²) >= 11 is 0. The largest absolute Gasteiger partial charge is 0.480 e. The lowest BCUT2D eigenvalue weighted by molar-refractivity contribution is -0.160. The van der Waals surface area contributed by atoms with Crippen LogP contribution in [0.25, 0.3) is 0 Å². The first-order valence-electron chi connectivity index (χ1n) is 5.83. The summed E-state index contributed by atoms with van der Waals surface area (Å²) in [7, 11) is 2.02. The Hall–Kier alpha value is -1.10. The molecule has 1 heterocycles. The van der Waals surface area contributed by atoms with E-state index in [1.54, 1.807) is 4.90 Å². The van der Waals surface area contributed by atoms with Crippen LogP contribution in [-0.2, 0) is 9.59 Å². The number of rotatable bonds is 2. The summed E-state index contributed by atoms with van der Waals surface area (Å²) in [5, 5.41) is 9.07. The highest BCUT2D eigenvalue weighted by molar-refractivity contribution is 6.01. The minimum atomic E-state index is -1.34. The smallest absolute Gasteiger partial charge is 0.318 e. The quantitative estimate of drug-likeness (QED) is 0.722. The minimum Gasteiger partial charge on any atom is -0.480 e. The summed E-state index contributed by atoms with van der Waals surface area (Å²) in [6, 6.07) is 0. The Morgan fingerprint density at radius 3 is 2.18 bits per heavy atom. The number of nitrogens with zero attached hydrogens (tertiary/aromatic N) is 2. The van der Waals surface area contributed by atoms with E-state index in [0.717, 1.165) is 6.54 Å². The van der Waals surface area contributed by atoms with Gasteiger partial charge in [0, 0.05) is 25.2 Å². The lowest BCUT2D eigenvalue weighted by atomic mass is 9.90. The van der Waals surface area contributed by atoms with Crippen LogP contribution in [0.3, 0.4) is 0 Å². The van der Waals surface area contributed by atoms with E-state index in [2.05, 4.69) is 18.7 Å². The fourth-order valence-corrected chi connectivity index (χ4v) is 1.90. The van der Waals surface area contributed by atoms with E-state index in [-0.39, 0.29) is 11.4 Å².